The molecular formula is C14H14N6O2. The molecule has 0 unspecified atom stereocenters. The van der Waals surface area contributed by atoms with E-state index in [4.69, 9.17) is 4.52 Å². The standard InChI is InChI=1S/C14H14N6O2/c1-10-17-14(22-19-10)7-6-13(21)18-11-2-4-12(5-3-11)20-15-8-9-16-20/h2-5,8-9H,6-7H2,1H3,(H,18,21). The average Bonchev–Trinajstić information content (AvgIpc) is 3.17. The number of benzene rings is 1. The van der Waals surface area contributed by atoms with Crippen LogP contribution in [0.3, 0.4) is 0 Å². The van der Waals surface area contributed by atoms with Gasteiger partial charge in [0.15, 0.2) is 5.82 Å². The molecule has 1 aromatic carbocycles. The molecule has 1 N–H and O–H groups in total. The Bertz CT molecular complexity index is 748. The lowest BCUT2D eigenvalue weighted by Gasteiger charge is -2.05. The molecule has 0 saturated carbocycles. The van der Waals surface area contributed by atoms with E-state index in [1.165, 1.54) is 4.80 Å². The first-order valence-corrected chi connectivity index (χ1v) is 6.76. The Morgan fingerprint density at radius 2 is 1.95 bits per heavy atom. The molecule has 3 aromatic rings. The van der Waals surface area contributed by atoms with E-state index in [2.05, 4.69) is 25.7 Å². The van der Waals surface area contributed by atoms with Crippen LogP contribution in [0.5, 0.6) is 0 Å². The summed E-state index contributed by atoms with van der Waals surface area (Å²) in [6.07, 6.45) is 3.91. The van der Waals surface area contributed by atoms with E-state index in [9.17, 15) is 4.79 Å². The smallest absolute Gasteiger partial charge is 0.227 e. The Morgan fingerprint density at radius 1 is 1.23 bits per heavy atom. The highest BCUT2D eigenvalue weighted by Crippen LogP contribution is 2.12. The molecule has 0 aliphatic rings. The van der Waals surface area contributed by atoms with E-state index in [1.54, 1.807) is 31.5 Å². The minimum Gasteiger partial charge on any atom is -0.339 e. The highest BCUT2D eigenvalue weighted by atomic mass is 16.5. The highest BCUT2D eigenvalue weighted by molar-refractivity contribution is 5.90. The number of nitrogens with zero attached hydrogens (tertiary/aromatic N) is 5. The number of hydrogen-bond acceptors (Lipinski definition) is 6. The first kappa shape index (κ1) is 13.9. The second-order valence-electron chi connectivity index (χ2n) is 4.65. The van der Waals surface area contributed by atoms with Crippen molar-refractivity contribution in [3.8, 4) is 5.69 Å². The molecule has 0 atom stereocenters. The van der Waals surface area contributed by atoms with Crippen molar-refractivity contribution in [3.05, 3.63) is 48.4 Å². The molecule has 22 heavy (non-hydrogen) atoms. The van der Waals surface area contributed by atoms with E-state index in [1.807, 2.05) is 12.1 Å². The van der Waals surface area contributed by atoms with E-state index in [0.717, 1.165) is 5.69 Å². The van der Waals surface area contributed by atoms with Crippen LogP contribution in [0.25, 0.3) is 5.69 Å². The summed E-state index contributed by atoms with van der Waals surface area (Å²) in [5.74, 6) is 0.923. The normalized spacial score (nSPS) is 10.6. The zero-order valence-corrected chi connectivity index (χ0v) is 11.9. The molecule has 0 saturated heterocycles. The van der Waals surface area contributed by atoms with E-state index in [0.29, 0.717) is 23.8 Å². The molecule has 8 heteroatoms. The van der Waals surface area contributed by atoms with Crippen LogP contribution in [0.15, 0.2) is 41.2 Å². The lowest BCUT2D eigenvalue weighted by Crippen LogP contribution is -2.12. The summed E-state index contributed by atoms with van der Waals surface area (Å²) in [5, 5.41) is 14.6. The van der Waals surface area contributed by atoms with Gasteiger partial charge in [0, 0.05) is 18.5 Å². The van der Waals surface area contributed by atoms with Crippen LogP contribution in [0, 0.1) is 6.92 Å². The fourth-order valence-electron chi connectivity index (χ4n) is 1.91. The summed E-state index contributed by atoms with van der Waals surface area (Å²) in [6, 6.07) is 7.26. The van der Waals surface area contributed by atoms with Crippen LogP contribution in [0.2, 0.25) is 0 Å². The van der Waals surface area contributed by atoms with Gasteiger partial charge in [-0.3, -0.25) is 4.79 Å². The Balaban J connectivity index is 1.55. The summed E-state index contributed by atoms with van der Waals surface area (Å²) in [4.78, 5) is 17.4. The first-order valence-electron chi connectivity index (χ1n) is 6.76. The number of nitrogens with one attached hydrogen (secondary N) is 1. The Labute approximate surface area is 126 Å². The largest absolute Gasteiger partial charge is 0.339 e. The maximum atomic E-state index is 11.9. The van der Waals surface area contributed by atoms with Crippen molar-refractivity contribution in [2.75, 3.05) is 5.32 Å². The number of hydrogen-bond donors (Lipinski definition) is 1. The monoisotopic (exact) mass is 298 g/mol. The van der Waals surface area contributed by atoms with Gasteiger partial charge in [-0.05, 0) is 31.2 Å². The number of rotatable bonds is 5. The zero-order chi connectivity index (χ0) is 15.4. The van der Waals surface area contributed by atoms with E-state index < -0.39 is 0 Å². The van der Waals surface area contributed by atoms with Gasteiger partial charge < -0.3 is 9.84 Å². The molecule has 0 radical (unpaired) electrons. The van der Waals surface area contributed by atoms with Crippen molar-refractivity contribution in [2.45, 2.75) is 19.8 Å². The van der Waals surface area contributed by atoms with Gasteiger partial charge in [-0.15, -0.1) is 0 Å². The summed E-state index contributed by atoms with van der Waals surface area (Å²) in [5.41, 5.74) is 1.53. The van der Waals surface area contributed by atoms with Crippen molar-refractivity contribution in [1.29, 1.82) is 0 Å². The molecule has 2 aromatic heterocycles. The van der Waals surface area contributed by atoms with Crippen molar-refractivity contribution < 1.29 is 9.32 Å². The quantitative estimate of drug-likeness (QED) is 0.767. The average molecular weight is 298 g/mol. The number of carbonyl (C=O) groups is 1. The minimum absolute atomic E-state index is 0.110. The molecule has 112 valence electrons. The van der Waals surface area contributed by atoms with Crippen LogP contribution in [0.4, 0.5) is 5.69 Å². The SMILES string of the molecule is Cc1noc(CCC(=O)Nc2ccc(-n3nccn3)cc2)n1. The molecule has 0 aliphatic heterocycles. The lowest BCUT2D eigenvalue weighted by atomic mass is 10.2. The predicted octanol–water partition coefficient (Wildman–Crippen LogP) is 1.53. The Kier molecular flexibility index (Phi) is 3.90. The number of carbonyl (C=O) groups excluding carboxylic acids is 1. The van der Waals surface area contributed by atoms with Gasteiger partial charge >= 0.3 is 0 Å². The Morgan fingerprint density at radius 3 is 2.59 bits per heavy atom. The molecule has 0 aliphatic carbocycles. The second kappa shape index (κ2) is 6.17. The first-order chi connectivity index (χ1) is 10.7. The summed E-state index contributed by atoms with van der Waals surface area (Å²) < 4.78 is 4.96. The van der Waals surface area contributed by atoms with Gasteiger partial charge in [0.1, 0.15) is 0 Å². The maximum Gasteiger partial charge on any atom is 0.227 e. The summed E-state index contributed by atoms with van der Waals surface area (Å²) in [7, 11) is 0. The molecule has 2 heterocycles. The third-order valence-corrected chi connectivity index (χ3v) is 2.94. The van der Waals surface area contributed by atoms with Crippen molar-refractivity contribution in [1.82, 2.24) is 25.1 Å². The molecule has 3 rings (SSSR count). The van der Waals surface area contributed by atoms with Gasteiger partial charge in [-0.25, -0.2) is 0 Å². The number of aryl methyl sites for hydroxylation is 2. The molecular weight excluding hydrogens is 284 g/mol. The molecule has 0 spiro atoms. The van der Waals surface area contributed by atoms with Crippen molar-refractivity contribution in [2.24, 2.45) is 0 Å². The molecule has 0 fully saturated rings. The fourth-order valence-corrected chi connectivity index (χ4v) is 1.91. The van der Waals surface area contributed by atoms with Gasteiger partial charge in [0.2, 0.25) is 11.8 Å². The van der Waals surface area contributed by atoms with Crippen LogP contribution < -0.4 is 5.32 Å². The summed E-state index contributed by atoms with van der Waals surface area (Å²) >= 11 is 0. The van der Waals surface area contributed by atoms with Crippen LogP contribution >= 0.6 is 0 Å². The maximum absolute atomic E-state index is 11.9. The zero-order valence-electron chi connectivity index (χ0n) is 11.9. The van der Waals surface area contributed by atoms with Gasteiger partial charge in [-0.1, -0.05) is 5.16 Å². The van der Waals surface area contributed by atoms with E-state index in [-0.39, 0.29) is 12.3 Å². The van der Waals surface area contributed by atoms with Crippen LogP contribution in [-0.4, -0.2) is 31.0 Å². The highest BCUT2D eigenvalue weighted by Gasteiger charge is 2.08. The number of aromatic nitrogens is 5. The molecule has 8 nitrogen and oxygen atoms in total. The molecule has 0 bridgehead atoms. The van der Waals surface area contributed by atoms with Crippen LogP contribution in [-0.2, 0) is 11.2 Å². The van der Waals surface area contributed by atoms with Crippen molar-refractivity contribution >= 4 is 11.6 Å². The fraction of sp³-hybridized carbons (Fsp3) is 0.214. The molecule has 1 amide bonds. The third-order valence-electron chi connectivity index (χ3n) is 2.94. The minimum atomic E-state index is -0.110. The Hall–Kier alpha value is -3.03. The second-order valence-corrected chi connectivity index (χ2v) is 4.65. The third kappa shape index (κ3) is 3.35. The predicted molar refractivity (Wildman–Crippen MR) is 77.3 cm³/mol. The number of amides is 1. The van der Waals surface area contributed by atoms with Gasteiger partial charge in [-0.2, -0.15) is 20.0 Å². The topological polar surface area (TPSA) is 98.7 Å². The lowest BCUT2D eigenvalue weighted by molar-refractivity contribution is -0.116. The number of anilines is 1. The van der Waals surface area contributed by atoms with Crippen LogP contribution in [0.1, 0.15) is 18.1 Å². The summed E-state index contributed by atoms with van der Waals surface area (Å²) in [6.45, 7) is 1.74. The van der Waals surface area contributed by atoms with Gasteiger partial charge in [0.05, 0.1) is 18.1 Å². The van der Waals surface area contributed by atoms with Gasteiger partial charge in [0.25, 0.3) is 0 Å². The van der Waals surface area contributed by atoms with E-state index >= 15 is 0 Å². The van der Waals surface area contributed by atoms with Crippen molar-refractivity contribution in [3.63, 3.8) is 0 Å².